The molecule has 1 saturated heterocycles. The Morgan fingerprint density at radius 3 is 2.33 bits per heavy atom. The number of para-hydroxylation sites is 2. The van der Waals surface area contributed by atoms with Crippen LogP contribution in [0.5, 0.6) is 0 Å². The summed E-state index contributed by atoms with van der Waals surface area (Å²) in [5, 5.41) is 8.43. The number of ether oxygens (including phenoxy) is 2. The Labute approximate surface area is 236 Å². The smallest absolute Gasteiger partial charge is 0.412 e. The number of urea groups is 1. The maximum Gasteiger partial charge on any atom is 0.412 e. The van der Waals surface area contributed by atoms with E-state index in [0.29, 0.717) is 24.5 Å². The summed E-state index contributed by atoms with van der Waals surface area (Å²) in [6, 6.07) is 10.2. The Morgan fingerprint density at radius 2 is 1.73 bits per heavy atom. The molecule has 0 unspecified atom stereocenters. The molecule has 1 aliphatic rings. The van der Waals surface area contributed by atoms with Crippen LogP contribution in [0, 0.1) is 0 Å². The number of carbonyl (C=O) groups excluding carboxylic acids is 3. The van der Waals surface area contributed by atoms with Gasteiger partial charge in [-0.2, -0.15) is 0 Å². The van der Waals surface area contributed by atoms with Crippen molar-refractivity contribution < 1.29 is 23.9 Å². The third kappa shape index (κ3) is 10.5. The molecule has 2 aromatic rings. The van der Waals surface area contributed by atoms with Crippen LogP contribution in [0.2, 0.25) is 0 Å². The maximum absolute atomic E-state index is 12.9. The average Bonchev–Trinajstić information content (AvgIpc) is 2.88. The molecular formula is C29H42N6O5. The minimum Gasteiger partial charge on any atom is -0.444 e. The van der Waals surface area contributed by atoms with Crippen LogP contribution in [0.25, 0.3) is 0 Å². The number of pyridine rings is 1. The maximum atomic E-state index is 12.9. The number of nitrogens with zero attached hydrogens (tertiary/aromatic N) is 3. The van der Waals surface area contributed by atoms with E-state index in [1.54, 1.807) is 68.3 Å². The Bertz CT molecular complexity index is 1130. The van der Waals surface area contributed by atoms with E-state index in [0.717, 1.165) is 44.8 Å². The standard InChI is InChI=1S/C29H42N6O5/c1-21(2)31-27(37)35(14-8-13-34-15-17-39-18-16-34)20-22-11-12-25(30-19-22)26(36)32-23-9-6-7-10-24(23)33-28(38)40-29(3,4)5/h6-7,9-12,19,21H,8,13-18,20H2,1-5H3,(H,31,37)(H,32,36)(H,33,38). The van der Waals surface area contributed by atoms with Gasteiger partial charge in [0, 0.05) is 45.0 Å². The summed E-state index contributed by atoms with van der Waals surface area (Å²) < 4.78 is 10.7. The van der Waals surface area contributed by atoms with Crippen LogP contribution < -0.4 is 16.0 Å². The van der Waals surface area contributed by atoms with Crippen LogP contribution in [0.4, 0.5) is 21.0 Å². The second-order valence-electron chi connectivity index (χ2n) is 11.0. The molecular weight excluding hydrogens is 512 g/mol. The second kappa shape index (κ2) is 14.6. The number of morpholine rings is 1. The van der Waals surface area contributed by atoms with Gasteiger partial charge >= 0.3 is 12.1 Å². The summed E-state index contributed by atoms with van der Waals surface area (Å²) >= 11 is 0. The Kier molecular flexibility index (Phi) is 11.3. The third-order valence-corrected chi connectivity index (χ3v) is 5.95. The summed E-state index contributed by atoms with van der Waals surface area (Å²) in [5.74, 6) is -0.426. The lowest BCUT2D eigenvalue weighted by Gasteiger charge is -2.29. The van der Waals surface area contributed by atoms with Crippen LogP contribution in [0.15, 0.2) is 42.6 Å². The predicted octanol–water partition coefficient (Wildman–Crippen LogP) is 4.32. The van der Waals surface area contributed by atoms with Gasteiger partial charge < -0.3 is 25.0 Å². The van der Waals surface area contributed by atoms with Crippen LogP contribution in [0.1, 0.15) is 57.1 Å². The van der Waals surface area contributed by atoms with Gasteiger partial charge in [-0.3, -0.25) is 20.0 Å². The van der Waals surface area contributed by atoms with E-state index in [1.807, 2.05) is 13.8 Å². The summed E-state index contributed by atoms with van der Waals surface area (Å²) in [7, 11) is 0. The molecule has 1 aliphatic heterocycles. The van der Waals surface area contributed by atoms with E-state index >= 15 is 0 Å². The quantitative estimate of drug-likeness (QED) is 0.399. The van der Waals surface area contributed by atoms with E-state index < -0.39 is 17.6 Å². The van der Waals surface area contributed by atoms with Gasteiger partial charge in [-0.05, 0) is 64.8 Å². The highest BCUT2D eigenvalue weighted by Gasteiger charge is 2.19. The highest BCUT2D eigenvalue weighted by Crippen LogP contribution is 2.23. The summed E-state index contributed by atoms with van der Waals surface area (Å²) in [6.45, 7) is 14.4. The molecule has 0 spiro atoms. The molecule has 4 amide bonds. The first-order chi connectivity index (χ1) is 19.0. The van der Waals surface area contributed by atoms with Crippen molar-refractivity contribution in [3.8, 4) is 0 Å². The van der Waals surface area contributed by atoms with Gasteiger partial charge in [0.2, 0.25) is 0 Å². The number of carbonyl (C=O) groups is 3. The van der Waals surface area contributed by atoms with Crippen molar-refractivity contribution in [3.05, 3.63) is 53.9 Å². The lowest BCUT2D eigenvalue weighted by atomic mass is 10.2. The molecule has 11 heteroatoms. The molecule has 3 N–H and O–H groups in total. The molecule has 11 nitrogen and oxygen atoms in total. The van der Waals surface area contributed by atoms with Gasteiger partial charge in [-0.15, -0.1) is 0 Å². The number of hydrogen-bond acceptors (Lipinski definition) is 7. The van der Waals surface area contributed by atoms with Gasteiger partial charge in [-0.25, -0.2) is 9.59 Å². The minimum atomic E-state index is -0.651. The van der Waals surface area contributed by atoms with Crippen molar-refractivity contribution in [3.63, 3.8) is 0 Å². The Hall–Kier alpha value is -3.70. The largest absolute Gasteiger partial charge is 0.444 e. The molecule has 2 heterocycles. The molecule has 40 heavy (non-hydrogen) atoms. The Morgan fingerprint density at radius 1 is 1.05 bits per heavy atom. The third-order valence-electron chi connectivity index (χ3n) is 5.95. The van der Waals surface area contributed by atoms with Crippen molar-refractivity contribution in [1.29, 1.82) is 0 Å². The fraction of sp³-hybridized carbons (Fsp3) is 0.517. The fourth-order valence-corrected chi connectivity index (χ4v) is 4.07. The molecule has 0 saturated carbocycles. The number of rotatable bonds is 10. The first-order valence-electron chi connectivity index (χ1n) is 13.7. The highest BCUT2D eigenvalue weighted by molar-refractivity contribution is 6.05. The van der Waals surface area contributed by atoms with Crippen LogP contribution in [-0.4, -0.2) is 83.9 Å². The van der Waals surface area contributed by atoms with Crippen LogP contribution in [-0.2, 0) is 16.0 Å². The SMILES string of the molecule is CC(C)NC(=O)N(CCCN1CCOCC1)Cc1ccc(C(=O)Nc2ccccc2NC(=O)OC(C)(C)C)nc1. The zero-order valence-corrected chi connectivity index (χ0v) is 24.2. The molecule has 0 bridgehead atoms. The molecule has 0 radical (unpaired) electrons. The number of amides is 4. The molecule has 3 rings (SSSR count). The molecule has 1 fully saturated rings. The number of aromatic nitrogens is 1. The van der Waals surface area contributed by atoms with Crippen molar-refractivity contribution in [2.45, 2.75) is 59.2 Å². The normalized spacial score (nSPS) is 13.9. The molecule has 0 atom stereocenters. The van der Waals surface area contributed by atoms with Crippen LogP contribution in [0.3, 0.4) is 0 Å². The van der Waals surface area contributed by atoms with Gasteiger partial charge in [0.15, 0.2) is 0 Å². The lowest BCUT2D eigenvalue weighted by molar-refractivity contribution is 0.0364. The molecule has 0 aliphatic carbocycles. The van der Waals surface area contributed by atoms with E-state index in [1.165, 1.54) is 0 Å². The first kappa shape index (κ1) is 30.8. The number of benzene rings is 1. The van der Waals surface area contributed by atoms with Crippen LogP contribution >= 0.6 is 0 Å². The first-order valence-corrected chi connectivity index (χ1v) is 13.7. The average molecular weight is 555 g/mol. The monoisotopic (exact) mass is 554 g/mol. The predicted molar refractivity (Wildman–Crippen MR) is 154 cm³/mol. The summed E-state index contributed by atoms with van der Waals surface area (Å²) in [6.07, 6.45) is 1.83. The molecule has 1 aromatic heterocycles. The van der Waals surface area contributed by atoms with E-state index in [9.17, 15) is 14.4 Å². The van der Waals surface area contributed by atoms with E-state index in [4.69, 9.17) is 9.47 Å². The van der Waals surface area contributed by atoms with Crippen molar-refractivity contribution >= 4 is 29.4 Å². The number of nitrogens with one attached hydrogen (secondary N) is 3. The highest BCUT2D eigenvalue weighted by atomic mass is 16.6. The fourth-order valence-electron chi connectivity index (χ4n) is 4.07. The number of hydrogen-bond donors (Lipinski definition) is 3. The van der Waals surface area contributed by atoms with Crippen molar-refractivity contribution in [2.24, 2.45) is 0 Å². The minimum absolute atomic E-state index is 0.0196. The van der Waals surface area contributed by atoms with Gasteiger partial charge in [-0.1, -0.05) is 18.2 Å². The summed E-state index contributed by atoms with van der Waals surface area (Å²) in [5.41, 5.74) is 1.20. The topological polar surface area (TPSA) is 125 Å². The van der Waals surface area contributed by atoms with Gasteiger partial charge in [0.05, 0.1) is 24.6 Å². The van der Waals surface area contributed by atoms with Crippen molar-refractivity contribution in [2.75, 3.05) is 50.0 Å². The lowest BCUT2D eigenvalue weighted by Crippen LogP contribution is -2.44. The zero-order chi connectivity index (χ0) is 29.1. The molecule has 1 aromatic carbocycles. The number of anilines is 2. The Balaban J connectivity index is 1.61. The van der Waals surface area contributed by atoms with E-state index in [-0.39, 0.29) is 17.8 Å². The summed E-state index contributed by atoms with van der Waals surface area (Å²) in [4.78, 5) is 46.5. The second-order valence-corrected chi connectivity index (χ2v) is 11.0. The molecule has 218 valence electrons. The zero-order valence-electron chi connectivity index (χ0n) is 24.2. The van der Waals surface area contributed by atoms with Crippen molar-refractivity contribution in [1.82, 2.24) is 20.1 Å². The van der Waals surface area contributed by atoms with Gasteiger partial charge in [0.1, 0.15) is 11.3 Å². The van der Waals surface area contributed by atoms with Gasteiger partial charge in [0.25, 0.3) is 5.91 Å². The van der Waals surface area contributed by atoms with E-state index in [2.05, 4.69) is 25.8 Å².